The average Bonchev–Trinajstić information content (AvgIpc) is 3.30. The Hall–Kier alpha value is -2.47. The molecule has 2 aromatic rings. The number of thiophene rings is 1. The maximum atomic E-state index is 13.0. The molecular weight excluding hydrogens is 336 g/mol. The number of imide groups is 1. The fourth-order valence-corrected chi connectivity index (χ4v) is 4.55. The Bertz CT molecular complexity index is 888. The van der Waals surface area contributed by atoms with Gasteiger partial charge in [-0.15, -0.1) is 11.3 Å². The summed E-state index contributed by atoms with van der Waals surface area (Å²) < 4.78 is 0. The minimum Gasteiger partial charge on any atom is -0.319 e. The summed E-state index contributed by atoms with van der Waals surface area (Å²) in [6, 6.07) is 10.9. The first kappa shape index (κ1) is 16.0. The molecule has 1 N–H and O–H groups in total. The van der Waals surface area contributed by atoms with E-state index in [2.05, 4.69) is 5.32 Å². The number of ketones is 1. The fourth-order valence-electron chi connectivity index (χ4n) is 3.67. The lowest BCUT2D eigenvalue weighted by Gasteiger charge is -2.22. The van der Waals surface area contributed by atoms with E-state index < -0.39 is 11.6 Å². The van der Waals surface area contributed by atoms with Gasteiger partial charge in [0.25, 0.3) is 5.91 Å². The Labute approximate surface area is 149 Å². The van der Waals surface area contributed by atoms with Crippen LogP contribution in [0, 0.1) is 0 Å². The molecule has 0 radical (unpaired) electrons. The minimum absolute atomic E-state index is 0.198. The van der Waals surface area contributed by atoms with Crippen LogP contribution >= 0.6 is 11.3 Å². The Morgan fingerprint density at radius 1 is 1.24 bits per heavy atom. The number of aryl methyl sites for hydroxylation is 2. The molecule has 2 heterocycles. The maximum absolute atomic E-state index is 13.0. The van der Waals surface area contributed by atoms with Crippen LogP contribution in [0.1, 0.15) is 39.0 Å². The third-order valence-corrected chi connectivity index (χ3v) is 6.28. The summed E-state index contributed by atoms with van der Waals surface area (Å²) in [5, 5.41) is 2.85. The molecule has 1 aromatic heterocycles. The van der Waals surface area contributed by atoms with E-state index in [1.165, 1.54) is 11.3 Å². The number of urea groups is 1. The third kappa shape index (κ3) is 2.40. The molecule has 6 heteroatoms. The van der Waals surface area contributed by atoms with Crippen LogP contribution in [-0.4, -0.2) is 29.2 Å². The van der Waals surface area contributed by atoms with Crippen molar-refractivity contribution in [1.29, 1.82) is 0 Å². The summed E-state index contributed by atoms with van der Waals surface area (Å²) in [5.74, 6) is -0.514. The van der Waals surface area contributed by atoms with Gasteiger partial charge in [0, 0.05) is 4.88 Å². The number of nitrogens with zero attached hydrogens (tertiary/aromatic N) is 1. The molecule has 1 aliphatic carbocycles. The molecule has 1 saturated heterocycles. The highest BCUT2D eigenvalue weighted by Crippen LogP contribution is 2.41. The monoisotopic (exact) mass is 354 g/mol. The molecule has 4 rings (SSSR count). The maximum Gasteiger partial charge on any atom is 0.325 e. The second kappa shape index (κ2) is 5.81. The summed E-state index contributed by atoms with van der Waals surface area (Å²) in [6.45, 7) is 1.82. The predicted octanol–water partition coefficient (Wildman–Crippen LogP) is 2.89. The van der Waals surface area contributed by atoms with Crippen LogP contribution in [0.25, 0.3) is 0 Å². The number of nitrogens with one attached hydrogen (secondary N) is 1. The molecule has 0 saturated carbocycles. The zero-order valence-electron chi connectivity index (χ0n) is 13.9. The zero-order chi connectivity index (χ0) is 17.6. The van der Waals surface area contributed by atoms with Gasteiger partial charge in [0.2, 0.25) is 0 Å². The molecule has 1 spiro atoms. The van der Waals surface area contributed by atoms with Crippen LogP contribution < -0.4 is 5.32 Å². The van der Waals surface area contributed by atoms with Crippen molar-refractivity contribution in [2.75, 3.05) is 6.54 Å². The van der Waals surface area contributed by atoms with Gasteiger partial charge in [0.15, 0.2) is 5.78 Å². The fraction of sp³-hybridized carbons (Fsp3) is 0.316. The Morgan fingerprint density at radius 2 is 2.04 bits per heavy atom. The molecule has 0 bridgehead atoms. The number of rotatable bonds is 4. The van der Waals surface area contributed by atoms with Crippen LogP contribution in [0.3, 0.4) is 0 Å². The van der Waals surface area contributed by atoms with Crippen molar-refractivity contribution in [3.63, 3.8) is 0 Å². The van der Waals surface area contributed by atoms with E-state index in [-0.39, 0.29) is 18.2 Å². The summed E-state index contributed by atoms with van der Waals surface area (Å²) in [5.41, 5.74) is 0.931. The van der Waals surface area contributed by atoms with Crippen molar-refractivity contribution in [2.24, 2.45) is 0 Å². The molecule has 0 unspecified atom stereocenters. The molecule has 2 aliphatic rings. The molecule has 128 valence electrons. The van der Waals surface area contributed by atoms with Gasteiger partial charge in [-0.05, 0) is 42.5 Å². The molecular formula is C19H18N2O3S. The van der Waals surface area contributed by atoms with Gasteiger partial charge < -0.3 is 5.32 Å². The first-order valence-electron chi connectivity index (χ1n) is 8.39. The lowest BCUT2D eigenvalue weighted by atomic mass is 9.92. The van der Waals surface area contributed by atoms with Crippen LogP contribution in [0.4, 0.5) is 4.79 Å². The highest BCUT2D eigenvalue weighted by molar-refractivity contribution is 7.14. The first-order valence-corrected chi connectivity index (χ1v) is 9.21. The lowest BCUT2D eigenvalue weighted by Crippen LogP contribution is -2.42. The van der Waals surface area contributed by atoms with Crippen molar-refractivity contribution in [2.45, 2.75) is 31.7 Å². The summed E-state index contributed by atoms with van der Waals surface area (Å²) in [4.78, 5) is 40.7. The first-order chi connectivity index (χ1) is 12.0. The topological polar surface area (TPSA) is 66.5 Å². The van der Waals surface area contributed by atoms with Gasteiger partial charge in [-0.3, -0.25) is 14.5 Å². The third-order valence-electron chi connectivity index (χ3n) is 5.01. The molecule has 1 aliphatic heterocycles. The van der Waals surface area contributed by atoms with Gasteiger partial charge in [0.1, 0.15) is 5.54 Å². The largest absolute Gasteiger partial charge is 0.325 e. The van der Waals surface area contributed by atoms with E-state index in [1.54, 1.807) is 6.07 Å². The Kier molecular flexibility index (Phi) is 3.72. The Balaban J connectivity index is 1.59. The average molecular weight is 354 g/mol. The van der Waals surface area contributed by atoms with Crippen molar-refractivity contribution in [3.05, 3.63) is 57.3 Å². The predicted molar refractivity (Wildman–Crippen MR) is 94.7 cm³/mol. The number of amides is 3. The number of fused-ring (bicyclic) bond motifs is 2. The number of carbonyl (C=O) groups is 3. The normalized spacial score (nSPS) is 21.7. The van der Waals surface area contributed by atoms with Crippen molar-refractivity contribution < 1.29 is 14.4 Å². The van der Waals surface area contributed by atoms with Crippen LogP contribution in [0.2, 0.25) is 0 Å². The molecule has 25 heavy (non-hydrogen) atoms. The second-order valence-corrected chi connectivity index (χ2v) is 7.59. The lowest BCUT2D eigenvalue weighted by molar-refractivity contribution is -0.131. The van der Waals surface area contributed by atoms with E-state index in [0.29, 0.717) is 11.3 Å². The van der Waals surface area contributed by atoms with Gasteiger partial charge >= 0.3 is 6.03 Å². The number of benzene rings is 1. The molecule has 5 nitrogen and oxygen atoms in total. The zero-order valence-corrected chi connectivity index (χ0v) is 14.7. The summed E-state index contributed by atoms with van der Waals surface area (Å²) in [7, 11) is 0. The molecule has 1 fully saturated rings. The van der Waals surface area contributed by atoms with Crippen LogP contribution in [-0.2, 0) is 23.2 Å². The van der Waals surface area contributed by atoms with Crippen molar-refractivity contribution in [3.8, 4) is 0 Å². The van der Waals surface area contributed by atoms with E-state index in [0.717, 1.165) is 33.7 Å². The molecule has 1 atom stereocenters. The van der Waals surface area contributed by atoms with Gasteiger partial charge in [-0.1, -0.05) is 31.2 Å². The minimum atomic E-state index is -1.00. The molecule has 3 amide bonds. The Morgan fingerprint density at radius 3 is 2.80 bits per heavy atom. The number of Topliss-reactive ketones (excluding diaryl/α,β-unsaturated/α-hetero) is 1. The number of carbonyl (C=O) groups excluding carboxylic acids is 3. The van der Waals surface area contributed by atoms with Gasteiger partial charge in [-0.25, -0.2) is 4.79 Å². The summed E-state index contributed by atoms with van der Waals surface area (Å²) in [6.07, 6.45) is 2.15. The van der Waals surface area contributed by atoms with E-state index in [1.807, 2.05) is 37.3 Å². The highest BCUT2D eigenvalue weighted by Gasteiger charge is 2.55. The van der Waals surface area contributed by atoms with Crippen LogP contribution in [0.5, 0.6) is 0 Å². The second-order valence-electron chi connectivity index (χ2n) is 6.43. The highest BCUT2D eigenvalue weighted by atomic mass is 32.1. The smallest absolute Gasteiger partial charge is 0.319 e. The number of hydrogen-bond donors (Lipinski definition) is 1. The van der Waals surface area contributed by atoms with Crippen molar-refractivity contribution >= 4 is 29.1 Å². The number of hydrogen-bond acceptors (Lipinski definition) is 4. The quantitative estimate of drug-likeness (QED) is 0.678. The van der Waals surface area contributed by atoms with E-state index >= 15 is 0 Å². The SMILES string of the molecule is CCc1ccc(C(=O)CN2C(=O)N[C@@]3(CCc4ccccc43)C2=O)s1. The van der Waals surface area contributed by atoms with E-state index in [9.17, 15) is 14.4 Å². The van der Waals surface area contributed by atoms with Gasteiger partial charge in [-0.2, -0.15) is 0 Å². The molecule has 1 aromatic carbocycles. The van der Waals surface area contributed by atoms with Gasteiger partial charge in [0.05, 0.1) is 11.4 Å². The van der Waals surface area contributed by atoms with E-state index in [4.69, 9.17) is 0 Å². The standard InChI is InChI=1S/C19H18N2O3S/c1-2-13-7-8-16(25-13)15(22)11-21-17(23)19(20-18(21)24)10-9-12-5-3-4-6-14(12)19/h3-8H,2,9-11H2,1H3,(H,20,24)/t19-/m1/s1. The summed E-state index contributed by atoms with van der Waals surface area (Å²) >= 11 is 1.42. The van der Waals surface area contributed by atoms with Crippen molar-refractivity contribution in [1.82, 2.24) is 10.2 Å². The van der Waals surface area contributed by atoms with Crippen LogP contribution in [0.15, 0.2) is 36.4 Å².